The lowest BCUT2D eigenvalue weighted by atomic mass is 9.90. The molecule has 0 spiro atoms. The molecule has 2 rings (SSSR count). The number of hydrogen-bond acceptors (Lipinski definition) is 3. The Morgan fingerprint density at radius 2 is 2.10 bits per heavy atom. The van der Waals surface area contributed by atoms with Crippen LogP contribution in [-0.4, -0.2) is 68.3 Å². The van der Waals surface area contributed by atoms with E-state index >= 15 is 0 Å². The van der Waals surface area contributed by atoms with E-state index in [-0.39, 0.29) is 12.1 Å². The Labute approximate surface area is 122 Å². The van der Waals surface area contributed by atoms with Crippen LogP contribution in [0.5, 0.6) is 0 Å². The first kappa shape index (κ1) is 15.6. The van der Waals surface area contributed by atoms with Gasteiger partial charge in [-0.3, -0.25) is 0 Å². The highest BCUT2D eigenvalue weighted by Crippen LogP contribution is 2.22. The lowest BCUT2D eigenvalue weighted by Crippen LogP contribution is -2.49. The number of ether oxygens (including phenoxy) is 1. The van der Waals surface area contributed by atoms with Crippen molar-refractivity contribution in [2.24, 2.45) is 5.92 Å². The highest BCUT2D eigenvalue weighted by atomic mass is 16.5. The van der Waals surface area contributed by atoms with E-state index < -0.39 is 0 Å². The second-order valence-corrected chi connectivity index (χ2v) is 6.31. The van der Waals surface area contributed by atoms with Crippen molar-refractivity contribution < 1.29 is 9.53 Å². The molecule has 0 bridgehead atoms. The van der Waals surface area contributed by atoms with Gasteiger partial charge in [0.05, 0.1) is 6.10 Å². The molecule has 2 aliphatic rings. The Bertz CT molecular complexity index is 310. The van der Waals surface area contributed by atoms with Crippen molar-refractivity contribution in [3.8, 4) is 0 Å². The van der Waals surface area contributed by atoms with Gasteiger partial charge < -0.3 is 19.9 Å². The number of nitrogens with one attached hydrogen (secondary N) is 1. The molecule has 2 atom stereocenters. The summed E-state index contributed by atoms with van der Waals surface area (Å²) in [5, 5.41) is 3.00. The van der Waals surface area contributed by atoms with E-state index in [9.17, 15) is 4.79 Å². The largest absolute Gasteiger partial charge is 0.376 e. The zero-order valence-electron chi connectivity index (χ0n) is 13.1. The number of piperidine rings is 1. The summed E-state index contributed by atoms with van der Waals surface area (Å²) >= 11 is 0. The Balaban J connectivity index is 1.73. The molecule has 0 saturated carbocycles. The van der Waals surface area contributed by atoms with Crippen molar-refractivity contribution >= 4 is 6.03 Å². The van der Waals surface area contributed by atoms with Crippen LogP contribution in [0, 0.1) is 5.92 Å². The molecular weight excluding hydrogens is 254 g/mol. The Morgan fingerprint density at radius 3 is 2.70 bits per heavy atom. The quantitative estimate of drug-likeness (QED) is 0.851. The summed E-state index contributed by atoms with van der Waals surface area (Å²) in [4.78, 5) is 16.4. The molecule has 116 valence electrons. The predicted molar refractivity (Wildman–Crippen MR) is 79.8 cm³/mol. The number of carbonyl (C=O) groups excluding carboxylic acids is 1. The molecule has 2 heterocycles. The molecule has 0 aliphatic carbocycles. The van der Waals surface area contributed by atoms with E-state index in [0.717, 1.165) is 32.5 Å². The van der Waals surface area contributed by atoms with Gasteiger partial charge in [0.25, 0.3) is 0 Å². The minimum absolute atomic E-state index is 0.0342. The summed E-state index contributed by atoms with van der Waals surface area (Å²) in [6, 6.07) is 0.333. The molecule has 5 heteroatoms. The monoisotopic (exact) mass is 283 g/mol. The van der Waals surface area contributed by atoms with Gasteiger partial charge in [-0.15, -0.1) is 0 Å². The standard InChI is InChI=1S/C15H29N3O2/c1-12(13-6-8-17(2)9-7-13)18(3)15(19)16-11-14-5-4-10-20-14/h12-14H,4-11H2,1-3H3,(H,16,19)/t12-,14-/m1/s1. The molecule has 2 aliphatic heterocycles. The van der Waals surface area contributed by atoms with Gasteiger partial charge in [0.2, 0.25) is 0 Å². The fourth-order valence-corrected chi connectivity index (χ4v) is 3.14. The second kappa shape index (κ2) is 7.27. The molecular formula is C15H29N3O2. The first-order chi connectivity index (χ1) is 9.58. The molecule has 5 nitrogen and oxygen atoms in total. The molecule has 0 aromatic carbocycles. The predicted octanol–water partition coefficient (Wildman–Crippen LogP) is 1.54. The van der Waals surface area contributed by atoms with Gasteiger partial charge in [0.1, 0.15) is 0 Å². The van der Waals surface area contributed by atoms with E-state index in [1.807, 2.05) is 11.9 Å². The van der Waals surface area contributed by atoms with Gasteiger partial charge in [-0.2, -0.15) is 0 Å². The number of carbonyl (C=O) groups is 1. The summed E-state index contributed by atoms with van der Waals surface area (Å²) in [7, 11) is 4.08. The normalized spacial score (nSPS) is 26.4. The van der Waals surface area contributed by atoms with Gasteiger partial charge in [0, 0.05) is 26.2 Å². The number of nitrogens with zero attached hydrogens (tertiary/aromatic N) is 2. The zero-order chi connectivity index (χ0) is 14.5. The molecule has 0 aromatic rings. The van der Waals surface area contributed by atoms with Crippen molar-refractivity contribution in [3.05, 3.63) is 0 Å². The van der Waals surface area contributed by atoms with Gasteiger partial charge in [-0.25, -0.2) is 4.79 Å². The van der Waals surface area contributed by atoms with Crippen LogP contribution >= 0.6 is 0 Å². The molecule has 2 saturated heterocycles. The van der Waals surface area contributed by atoms with Crippen molar-refractivity contribution in [1.29, 1.82) is 0 Å². The molecule has 0 unspecified atom stereocenters. The maximum absolute atomic E-state index is 12.2. The maximum Gasteiger partial charge on any atom is 0.317 e. The van der Waals surface area contributed by atoms with Crippen LogP contribution in [0.15, 0.2) is 0 Å². The first-order valence-electron chi connectivity index (χ1n) is 7.88. The van der Waals surface area contributed by atoms with Gasteiger partial charge in [0.15, 0.2) is 0 Å². The summed E-state index contributed by atoms with van der Waals surface area (Å²) in [6.07, 6.45) is 4.75. The van der Waals surface area contributed by atoms with Crippen LogP contribution in [-0.2, 0) is 4.74 Å². The highest BCUT2D eigenvalue weighted by molar-refractivity contribution is 5.74. The van der Waals surface area contributed by atoms with Gasteiger partial charge in [-0.05, 0) is 58.7 Å². The lowest BCUT2D eigenvalue weighted by molar-refractivity contribution is 0.104. The summed E-state index contributed by atoms with van der Waals surface area (Å²) in [5.41, 5.74) is 0. The average molecular weight is 283 g/mol. The van der Waals surface area contributed by atoms with Crippen LogP contribution in [0.2, 0.25) is 0 Å². The van der Waals surface area contributed by atoms with E-state index in [2.05, 4.69) is 24.2 Å². The van der Waals surface area contributed by atoms with Crippen molar-refractivity contribution in [2.75, 3.05) is 40.3 Å². The zero-order valence-corrected chi connectivity index (χ0v) is 13.1. The third kappa shape index (κ3) is 4.09. The summed E-state index contributed by atoms with van der Waals surface area (Å²) < 4.78 is 5.53. The van der Waals surface area contributed by atoms with E-state index in [1.165, 1.54) is 12.8 Å². The van der Waals surface area contributed by atoms with Crippen molar-refractivity contribution in [2.45, 2.75) is 44.8 Å². The van der Waals surface area contributed by atoms with E-state index in [1.54, 1.807) is 0 Å². The SMILES string of the molecule is C[C@H](C1CCN(C)CC1)N(C)C(=O)NC[C@H]1CCCO1. The third-order valence-electron chi connectivity index (χ3n) is 4.88. The lowest BCUT2D eigenvalue weighted by Gasteiger charge is -2.37. The number of urea groups is 1. The number of rotatable bonds is 4. The smallest absolute Gasteiger partial charge is 0.317 e. The van der Waals surface area contributed by atoms with Crippen LogP contribution in [0.3, 0.4) is 0 Å². The molecule has 1 N–H and O–H groups in total. The summed E-state index contributed by atoms with van der Waals surface area (Å²) in [6.45, 7) is 5.92. The fourth-order valence-electron chi connectivity index (χ4n) is 3.14. The Morgan fingerprint density at radius 1 is 1.40 bits per heavy atom. The van der Waals surface area contributed by atoms with E-state index in [0.29, 0.717) is 18.5 Å². The van der Waals surface area contributed by atoms with Crippen LogP contribution < -0.4 is 5.32 Å². The fraction of sp³-hybridized carbons (Fsp3) is 0.933. The van der Waals surface area contributed by atoms with Crippen molar-refractivity contribution in [3.63, 3.8) is 0 Å². The average Bonchev–Trinajstić information content (AvgIpc) is 2.97. The van der Waals surface area contributed by atoms with Gasteiger partial charge >= 0.3 is 6.03 Å². The number of likely N-dealkylation sites (tertiary alicyclic amines) is 1. The second-order valence-electron chi connectivity index (χ2n) is 6.31. The highest BCUT2D eigenvalue weighted by Gasteiger charge is 2.27. The van der Waals surface area contributed by atoms with Crippen LogP contribution in [0.25, 0.3) is 0 Å². The van der Waals surface area contributed by atoms with Gasteiger partial charge in [-0.1, -0.05) is 0 Å². The van der Waals surface area contributed by atoms with Crippen LogP contribution in [0.4, 0.5) is 4.79 Å². The molecule has 0 aromatic heterocycles. The van der Waals surface area contributed by atoms with Crippen LogP contribution in [0.1, 0.15) is 32.6 Å². The maximum atomic E-state index is 12.2. The topological polar surface area (TPSA) is 44.8 Å². The van der Waals surface area contributed by atoms with Crippen molar-refractivity contribution in [1.82, 2.24) is 15.1 Å². The third-order valence-corrected chi connectivity index (χ3v) is 4.88. The number of amides is 2. The molecule has 0 radical (unpaired) electrons. The first-order valence-corrected chi connectivity index (χ1v) is 7.88. The molecule has 20 heavy (non-hydrogen) atoms. The Kier molecular flexibility index (Phi) is 5.66. The minimum Gasteiger partial charge on any atom is -0.376 e. The minimum atomic E-state index is 0.0342. The number of hydrogen-bond donors (Lipinski definition) is 1. The summed E-state index contributed by atoms with van der Waals surface area (Å²) in [5.74, 6) is 0.615. The Hall–Kier alpha value is -0.810. The van der Waals surface area contributed by atoms with E-state index in [4.69, 9.17) is 4.74 Å². The molecule has 2 fully saturated rings. The molecule has 2 amide bonds.